The molecule has 1 amide bonds. The average Bonchev–Trinajstić information content (AvgIpc) is 3.30. The van der Waals surface area contributed by atoms with Gasteiger partial charge in [0.2, 0.25) is 17.6 Å². The molecule has 4 rings (SSSR count). The standard InChI is InChI=1S/C25H26N6O4/c1-5-30-24(33)22(28-31(25(30)34)19-10-6-15(2)7-11-19)23-27-21(35-29-23)13-12-20(32)26-18-9-8-16(3)17(4)14-18/h6-11,14H,5,12-13H2,1-4H3,(H,26,32). The Balaban J connectivity index is 1.55. The monoisotopic (exact) mass is 474 g/mol. The zero-order valence-electron chi connectivity index (χ0n) is 20.0. The summed E-state index contributed by atoms with van der Waals surface area (Å²) in [4.78, 5) is 42.3. The normalized spacial score (nSPS) is 11.0. The highest BCUT2D eigenvalue weighted by atomic mass is 16.5. The van der Waals surface area contributed by atoms with Crippen LogP contribution < -0.4 is 16.6 Å². The van der Waals surface area contributed by atoms with E-state index in [-0.39, 0.29) is 42.7 Å². The summed E-state index contributed by atoms with van der Waals surface area (Å²) in [7, 11) is 0. The molecule has 35 heavy (non-hydrogen) atoms. The van der Waals surface area contributed by atoms with Gasteiger partial charge < -0.3 is 9.84 Å². The summed E-state index contributed by atoms with van der Waals surface area (Å²) in [6.07, 6.45) is 0.299. The van der Waals surface area contributed by atoms with Crippen LogP contribution in [0.4, 0.5) is 5.69 Å². The molecule has 0 unspecified atom stereocenters. The van der Waals surface area contributed by atoms with Gasteiger partial charge in [0.15, 0.2) is 5.69 Å². The first-order chi connectivity index (χ1) is 16.8. The summed E-state index contributed by atoms with van der Waals surface area (Å²) in [5, 5.41) is 11.0. The number of aromatic nitrogens is 5. The van der Waals surface area contributed by atoms with Gasteiger partial charge in [0.05, 0.1) is 5.69 Å². The fraction of sp³-hybridized carbons (Fsp3) is 0.280. The second kappa shape index (κ2) is 9.88. The summed E-state index contributed by atoms with van der Waals surface area (Å²) in [5.74, 6) is -0.0532. The largest absolute Gasteiger partial charge is 0.352 e. The maximum atomic E-state index is 12.9. The van der Waals surface area contributed by atoms with Crippen LogP contribution in [-0.4, -0.2) is 30.4 Å². The lowest BCUT2D eigenvalue weighted by atomic mass is 10.1. The molecule has 0 aliphatic heterocycles. The van der Waals surface area contributed by atoms with E-state index in [2.05, 4.69) is 20.6 Å². The Hall–Kier alpha value is -4.34. The summed E-state index contributed by atoms with van der Waals surface area (Å²) < 4.78 is 7.47. The predicted octanol–water partition coefficient (Wildman–Crippen LogP) is 2.96. The molecule has 0 saturated heterocycles. The van der Waals surface area contributed by atoms with Crippen molar-refractivity contribution in [2.45, 2.75) is 47.1 Å². The number of nitrogens with one attached hydrogen (secondary N) is 1. The SMILES string of the molecule is CCn1c(=O)c(-c2noc(CCC(=O)Nc3ccc(C)c(C)c3)n2)nn(-c2ccc(C)cc2)c1=O. The topological polar surface area (TPSA) is 125 Å². The van der Waals surface area contributed by atoms with Crippen LogP contribution in [0.5, 0.6) is 0 Å². The van der Waals surface area contributed by atoms with Gasteiger partial charge in [-0.15, -0.1) is 0 Å². The third-order valence-electron chi connectivity index (χ3n) is 5.69. The van der Waals surface area contributed by atoms with Gasteiger partial charge in [0.1, 0.15) is 0 Å². The van der Waals surface area contributed by atoms with Crippen molar-refractivity contribution in [3.05, 3.63) is 85.9 Å². The van der Waals surface area contributed by atoms with Crippen LogP contribution in [0.1, 0.15) is 35.9 Å². The molecule has 0 saturated carbocycles. The van der Waals surface area contributed by atoms with E-state index in [1.165, 1.54) is 0 Å². The van der Waals surface area contributed by atoms with Crippen molar-refractivity contribution in [2.75, 3.05) is 5.32 Å². The quantitative estimate of drug-likeness (QED) is 0.436. The number of nitrogens with zero attached hydrogens (tertiary/aromatic N) is 5. The minimum absolute atomic E-state index is 0.0392. The van der Waals surface area contributed by atoms with Crippen molar-refractivity contribution in [3.63, 3.8) is 0 Å². The van der Waals surface area contributed by atoms with E-state index in [4.69, 9.17) is 4.52 Å². The highest BCUT2D eigenvalue weighted by molar-refractivity contribution is 5.90. The molecule has 10 heteroatoms. The van der Waals surface area contributed by atoms with Crippen molar-refractivity contribution < 1.29 is 9.32 Å². The average molecular weight is 475 g/mol. The van der Waals surface area contributed by atoms with E-state index in [1.54, 1.807) is 19.1 Å². The van der Waals surface area contributed by atoms with Gasteiger partial charge in [-0.3, -0.25) is 14.2 Å². The van der Waals surface area contributed by atoms with Gasteiger partial charge in [-0.25, -0.2) is 4.79 Å². The van der Waals surface area contributed by atoms with Crippen molar-refractivity contribution >= 4 is 11.6 Å². The summed E-state index contributed by atoms with van der Waals surface area (Å²) in [5.41, 5.74) is 3.20. The number of benzene rings is 2. The maximum absolute atomic E-state index is 12.9. The third-order valence-corrected chi connectivity index (χ3v) is 5.69. The first-order valence-corrected chi connectivity index (χ1v) is 11.3. The summed E-state index contributed by atoms with van der Waals surface area (Å²) in [6, 6.07) is 12.9. The van der Waals surface area contributed by atoms with Gasteiger partial charge in [-0.05, 0) is 63.1 Å². The van der Waals surface area contributed by atoms with Gasteiger partial charge in [-0.2, -0.15) is 14.8 Å². The lowest BCUT2D eigenvalue weighted by Crippen LogP contribution is -2.41. The molecule has 2 aromatic heterocycles. The Kier molecular flexibility index (Phi) is 6.72. The molecule has 0 bridgehead atoms. The summed E-state index contributed by atoms with van der Waals surface area (Å²) >= 11 is 0. The van der Waals surface area contributed by atoms with Crippen molar-refractivity contribution in [1.29, 1.82) is 0 Å². The molecule has 10 nitrogen and oxygen atoms in total. The second-order valence-electron chi connectivity index (χ2n) is 8.29. The van der Waals surface area contributed by atoms with Crippen molar-refractivity contribution in [1.82, 2.24) is 24.5 Å². The lowest BCUT2D eigenvalue weighted by molar-refractivity contribution is -0.116. The smallest absolute Gasteiger partial charge is 0.339 e. The van der Waals surface area contributed by atoms with E-state index in [1.807, 2.05) is 51.1 Å². The van der Waals surface area contributed by atoms with E-state index in [0.29, 0.717) is 11.4 Å². The zero-order chi connectivity index (χ0) is 25.1. The molecular weight excluding hydrogens is 448 g/mol. The number of anilines is 1. The van der Waals surface area contributed by atoms with Crippen LogP contribution in [0, 0.1) is 20.8 Å². The molecule has 0 aliphatic carbocycles. The Bertz CT molecular complexity index is 1500. The predicted molar refractivity (Wildman–Crippen MR) is 131 cm³/mol. The van der Waals surface area contributed by atoms with Crippen LogP contribution in [0.3, 0.4) is 0 Å². The molecule has 0 atom stereocenters. The molecule has 0 fully saturated rings. The van der Waals surface area contributed by atoms with Gasteiger partial charge in [0, 0.05) is 25.1 Å². The number of carbonyl (C=O) groups excluding carboxylic acids is 1. The van der Waals surface area contributed by atoms with Crippen LogP contribution in [0.15, 0.2) is 56.6 Å². The Morgan fingerprint density at radius 2 is 1.77 bits per heavy atom. The Morgan fingerprint density at radius 3 is 2.46 bits per heavy atom. The minimum atomic E-state index is -0.610. The van der Waals surface area contributed by atoms with Crippen molar-refractivity contribution in [2.24, 2.45) is 0 Å². The molecule has 0 spiro atoms. The molecule has 4 aromatic rings. The number of carbonyl (C=O) groups is 1. The van der Waals surface area contributed by atoms with Crippen LogP contribution in [0.25, 0.3) is 17.2 Å². The van der Waals surface area contributed by atoms with Crippen LogP contribution in [-0.2, 0) is 17.8 Å². The number of hydrogen-bond donors (Lipinski definition) is 1. The minimum Gasteiger partial charge on any atom is -0.339 e. The fourth-order valence-corrected chi connectivity index (χ4v) is 3.50. The molecule has 180 valence electrons. The third kappa shape index (κ3) is 5.11. The molecule has 2 aromatic carbocycles. The van der Waals surface area contributed by atoms with E-state index in [9.17, 15) is 14.4 Å². The number of rotatable bonds is 7. The first kappa shape index (κ1) is 23.8. The van der Waals surface area contributed by atoms with E-state index >= 15 is 0 Å². The Labute approximate surface area is 201 Å². The van der Waals surface area contributed by atoms with E-state index in [0.717, 1.165) is 25.9 Å². The number of amides is 1. The van der Waals surface area contributed by atoms with E-state index < -0.39 is 11.2 Å². The number of hydrogen-bond acceptors (Lipinski definition) is 7. The van der Waals surface area contributed by atoms with Crippen LogP contribution >= 0.6 is 0 Å². The van der Waals surface area contributed by atoms with Gasteiger partial charge >= 0.3 is 5.69 Å². The molecule has 1 N–H and O–H groups in total. The molecule has 2 heterocycles. The van der Waals surface area contributed by atoms with Crippen molar-refractivity contribution in [3.8, 4) is 17.2 Å². The highest BCUT2D eigenvalue weighted by Gasteiger charge is 2.20. The first-order valence-electron chi connectivity index (χ1n) is 11.3. The molecule has 0 radical (unpaired) electrons. The zero-order valence-corrected chi connectivity index (χ0v) is 20.0. The number of aryl methyl sites for hydroxylation is 4. The lowest BCUT2D eigenvalue weighted by Gasteiger charge is -2.09. The summed E-state index contributed by atoms with van der Waals surface area (Å²) in [6.45, 7) is 7.77. The van der Waals surface area contributed by atoms with Crippen LogP contribution in [0.2, 0.25) is 0 Å². The highest BCUT2D eigenvalue weighted by Crippen LogP contribution is 2.15. The maximum Gasteiger partial charge on any atom is 0.352 e. The fourth-order valence-electron chi connectivity index (χ4n) is 3.50. The van der Waals surface area contributed by atoms with Gasteiger partial charge in [-0.1, -0.05) is 28.9 Å². The molecule has 0 aliphatic rings. The molecular formula is C25H26N6O4. The second-order valence-corrected chi connectivity index (χ2v) is 8.29. The Morgan fingerprint density at radius 1 is 1.03 bits per heavy atom. The van der Waals surface area contributed by atoms with Gasteiger partial charge in [0.25, 0.3) is 5.56 Å².